The molecule has 1 aromatic heterocycles. The van der Waals surface area contributed by atoms with Crippen LogP contribution in [0.1, 0.15) is 76.8 Å². The van der Waals surface area contributed by atoms with Gasteiger partial charge in [-0.3, -0.25) is 4.98 Å². The van der Waals surface area contributed by atoms with Crippen molar-refractivity contribution < 1.29 is 13.5 Å². The fraction of sp³-hybridized carbons (Fsp3) is 0.500. The Kier molecular flexibility index (Phi) is 9.23. The molecule has 1 aliphatic rings. The van der Waals surface area contributed by atoms with Gasteiger partial charge in [-0.1, -0.05) is 82.7 Å². The Morgan fingerprint density at radius 3 is 2.34 bits per heavy atom. The van der Waals surface area contributed by atoms with Crippen molar-refractivity contribution in [3.05, 3.63) is 66.4 Å². The van der Waals surface area contributed by atoms with E-state index in [4.69, 9.17) is 9.72 Å². The van der Waals surface area contributed by atoms with Crippen molar-refractivity contribution >= 4 is 17.0 Å². The molecule has 0 saturated heterocycles. The zero-order chi connectivity index (χ0) is 27.3. The number of methoxy groups -OCH3 is 1. The van der Waals surface area contributed by atoms with Crippen LogP contribution in [-0.4, -0.2) is 18.0 Å². The first kappa shape index (κ1) is 28.3. The van der Waals surface area contributed by atoms with Crippen LogP contribution in [0.2, 0.25) is 0 Å². The Hall–Kier alpha value is -2.75. The van der Waals surface area contributed by atoms with Gasteiger partial charge in [-0.2, -0.15) is 0 Å². The molecular weight excluding hydrogens is 476 g/mol. The van der Waals surface area contributed by atoms with E-state index in [2.05, 4.69) is 49.0 Å². The SMILES string of the molecule is C=Cc1ccc(-c2cccc3c(OC)c(CC4CCC(CCC(C)C(F)(F)C(C)CC)CC4)cnc23)cc1. The second kappa shape index (κ2) is 12.4. The van der Waals surface area contributed by atoms with Crippen LogP contribution in [0.3, 0.4) is 0 Å². The minimum absolute atomic E-state index is 0.527. The number of para-hydroxylation sites is 1. The summed E-state index contributed by atoms with van der Waals surface area (Å²) in [6.45, 7) is 9.11. The molecule has 2 unspecified atom stereocenters. The predicted molar refractivity (Wildman–Crippen MR) is 156 cm³/mol. The van der Waals surface area contributed by atoms with E-state index in [-0.39, 0.29) is 0 Å². The largest absolute Gasteiger partial charge is 0.496 e. The maximum absolute atomic E-state index is 14.6. The Bertz CT molecular complexity index is 1210. The highest BCUT2D eigenvalue weighted by molar-refractivity contribution is 5.97. The molecule has 0 bridgehead atoms. The van der Waals surface area contributed by atoms with Crippen LogP contribution in [0.5, 0.6) is 5.75 Å². The van der Waals surface area contributed by atoms with E-state index in [1.165, 1.54) is 0 Å². The summed E-state index contributed by atoms with van der Waals surface area (Å²) in [5.74, 6) is -1.61. The van der Waals surface area contributed by atoms with Gasteiger partial charge in [0.15, 0.2) is 0 Å². The quantitative estimate of drug-likeness (QED) is 0.251. The molecule has 1 saturated carbocycles. The smallest absolute Gasteiger partial charge is 0.253 e. The van der Waals surface area contributed by atoms with E-state index in [1.807, 2.05) is 19.2 Å². The highest BCUT2D eigenvalue weighted by Crippen LogP contribution is 2.41. The van der Waals surface area contributed by atoms with E-state index in [1.54, 1.807) is 21.0 Å². The summed E-state index contributed by atoms with van der Waals surface area (Å²) >= 11 is 0. The van der Waals surface area contributed by atoms with E-state index < -0.39 is 17.8 Å². The zero-order valence-corrected chi connectivity index (χ0v) is 23.5. The lowest BCUT2D eigenvalue weighted by atomic mass is 9.76. The van der Waals surface area contributed by atoms with E-state index in [0.29, 0.717) is 24.7 Å². The van der Waals surface area contributed by atoms with Crippen LogP contribution in [0.25, 0.3) is 28.1 Å². The minimum atomic E-state index is -2.57. The van der Waals surface area contributed by atoms with E-state index >= 15 is 0 Å². The van der Waals surface area contributed by atoms with E-state index in [0.717, 1.165) is 77.4 Å². The van der Waals surface area contributed by atoms with Gasteiger partial charge in [-0.15, -0.1) is 0 Å². The van der Waals surface area contributed by atoms with Crippen LogP contribution in [0, 0.1) is 23.7 Å². The molecule has 2 atom stereocenters. The van der Waals surface area contributed by atoms with Crippen molar-refractivity contribution in [2.45, 2.75) is 78.1 Å². The standard InChI is InChI=1S/C34H43F2NO/c1-6-23(3)34(35,36)24(4)11-12-26-13-15-27(16-14-26)21-29-22-37-32-30(9-8-10-31(32)33(29)38-5)28-19-17-25(7-2)18-20-28/h7-10,17-20,22-24,26-27H,2,6,11-16,21H2,1,3-5H3. The van der Waals surface area contributed by atoms with Crippen molar-refractivity contribution in [3.8, 4) is 16.9 Å². The number of rotatable bonds is 11. The van der Waals surface area contributed by atoms with E-state index in [9.17, 15) is 8.78 Å². The number of benzene rings is 2. The monoisotopic (exact) mass is 519 g/mol. The topological polar surface area (TPSA) is 22.1 Å². The van der Waals surface area contributed by atoms with Gasteiger partial charge in [0.25, 0.3) is 5.92 Å². The summed E-state index contributed by atoms with van der Waals surface area (Å²) in [4.78, 5) is 4.91. The molecule has 38 heavy (non-hydrogen) atoms. The summed E-state index contributed by atoms with van der Waals surface area (Å²) in [7, 11) is 1.75. The van der Waals surface area contributed by atoms with Crippen molar-refractivity contribution in [1.82, 2.24) is 4.98 Å². The molecule has 0 amide bonds. The summed E-state index contributed by atoms with van der Waals surface area (Å²) in [6, 6.07) is 14.6. The third-order valence-corrected chi connectivity index (χ3v) is 8.99. The first-order chi connectivity index (χ1) is 18.3. The van der Waals surface area contributed by atoms with Gasteiger partial charge in [-0.05, 0) is 67.6 Å². The number of ether oxygens (including phenoxy) is 1. The summed E-state index contributed by atoms with van der Waals surface area (Å²) in [5.41, 5.74) is 5.42. The number of alkyl halides is 2. The number of aromatic nitrogens is 1. The first-order valence-electron chi connectivity index (χ1n) is 14.3. The first-order valence-corrected chi connectivity index (χ1v) is 14.3. The number of nitrogens with zero attached hydrogens (tertiary/aromatic N) is 1. The summed E-state index contributed by atoms with van der Waals surface area (Å²) in [6.07, 6.45) is 11.4. The third kappa shape index (κ3) is 6.11. The predicted octanol–water partition coefficient (Wildman–Crippen LogP) is 10.00. The average molecular weight is 520 g/mol. The van der Waals surface area contributed by atoms with Crippen LogP contribution < -0.4 is 4.74 Å². The Balaban J connectivity index is 1.41. The second-order valence-electron chi connectivity index (χ2n) is 11.4. The fourth-order valence-electron chi connectivity index (χ4n) is 6.13. The summed E-state index contributed by atoms with van der Waals surface area (Å²) < 4.78 is 35.1. The maximum atomic E-state index is 14.6. The molecule has 0 aliphatic heterocycles. The molecule has 3 aromatic rings. The van der Waals surface area contributed by atoms with Gasteiger partial charge in [0.05, 0.1) is 12.6 Å². The molecular formula is C34H43F2NO. The molecule has 204 valence electrons. The minimum Gasteiger partial charge on any atom is -0.496 e. The number of hydrogen-bond donors (Lipinski definition) is 0. The lowest BCUT2D eigenvalue weighted by Crippen LogP contribution is -2.33. The molecule has 2 nitrogen and oxygen atoms in total. The molecule has 1 aliphatic carbocycles. The maximum Gasteiger partial charge on any atom is 0.253 e. The summed E-state index contributed by atoms with van der Waals surface area (Å²) in [5, 5.41) is 1.04. The van der Waals surface area contributed by atoms with Crippen molar-refractivity contribution in [3.63, 3.8) is 0 Å². The van der Waals surface area contributed by atoms with Crippen LogP contribution in [-0.2, 0) is 6.42 Å². The Labute approximate surface area is 227 Å². The lowest BCUT2D eigenvalue weighted by molar-refractivity contribution is -0.102. The van der Waals surface area contributed by atoms with Gasteiger partial charge in [-0.25, -0.2) is 8.78 Å². The van der Waals surface area contributed by atoms with Gasteiger partial charge in [0, 0.05) is 34.5 Å². The Morgan fingerprint density at radius 2 is 1.71 bits per heavy atom. The molecule has 1 fully saturated rings. The highest BCUT2D eigenvalue weighted by atomic mass is 19.3. The zero-order valence-electron chi connectivity index (χ0n) is 23.5. The van der Waals surface area contributed by atoms with Crippen molar-refractivity contribution in [2.75, 3.05) is 7.11 Å². The van der Waals surface area contributed by atoms with Crippen LogP contribution in [0.15, 0.2) is 55.2 Å². The highest BCUT2D eigenvalue weighted by Gasteiger charge is 2.41. The molecule has 0 spiro atoms. The lowest BCUT2D eigenvalue weighted by Gasteiger charge is -2.32. The molecule has 0 N–H and O–H groups in total. The number of hydrogen-bond acceptors (Lipinski definition) is 2. The fourth-order valence-corrected chi connectivity index (χ4v) is 6.13. The van der Waals surface area contributed by atoms with Crippen LogP contribution >= 0.6 is 0 Å². The third-order valence-electron chi connectivity index (χ3n) is 8.99. The molecule has 1 heterocycles. The van der Waals surface area contributed by atoms with Crippen LogP contribution in [0.4, 0.5) is 8.78 Å². The Morgan fingerprint density at radius 1 is 1.03 bits per heavy atom. The number of fused-ring (bicyclic) bond motifs is 1. The average Bonchev–Trinajstić information content (AvgIpc) is 2.95. The van der Waals surface area contributed by atoms with Crippen molar-refractivity contribution in [1.29, 1.82) is 0 Å². The van der Waals surface area contributed by atoms with Gasteiger partial charge in [0.1, 0.15) is 5.75 Å². The number of halogens is 2. The molecule has 4 heteroatoms. The van der Waals surface area contributed by atoms with Gasteiger partial charge in [0.2, 0.25) is 0 Å². The van der Waals surface area contributed by atoms with Gasteiger partial charge < -0.3 is 4.74 Å². The van der Waals surface area contributed by atoms with Crippen molar-refractivity contribution in [2.24, 2.45) is 23.7 Å². The normalized spacial score (nSPS) is 19.7. The molecule has 4 rings (SSSR count). The molecule has 0 radical (unpaired) electrons. The number of pyridine rings is 1. The molecule has 2 aromatic carbocycles. The second-order valence-corrected chi connectivity index (χ2v) is 11.4. The van der Waals surface area contributed by atoms with Gasteiger partial charge >= 0.3 is 0 Å².